The van der Waals surface area contributed by atoms with Crippen LogP contribution in [0.2, 0.25) is 0 Å². The van der Waals surface area contributed by atoms with E-state index in [1.807, 2.05) is 56.3 Å². The van der Waals surface area contributed by atoms with Crippen molar-refractivity contribution in [1.29, 1.82) is 0 Å². The fraction of sp³-hybridized carbons (Fsp3) is 0.400. The normalized spacial score (nSPS) is 22.9. The van der Waals surface area contributed by atoms with Crippen LogP contribution in [-0.2, 0) is 25.0 Å². The number of hydrogen-bond donors (Lipinski definition) is 1. The van der Waals surface area contributed by atoms with Crippen LogP contribution in [0.25, 0.3) is 0 Å². The molecule has 2 heterocycles. The fourth-order valence-electron chi connectivity index (χ4n) is 6.39. The number of ether oxygens (including phenoxy) is 2. The van der Waals surface area contributed by atoms with Gasteiger partial charge in [0, 0.05) is 30.0 Å². The zero-order valence-electron chi connectivity index (χ0n) is 25.3. The molecule has 4 atom stereocenters. The van der Waals surface area contributed by atoms with Crippen LogP contribution in [-0.4, -0.2) is 49.6 Å². The van der Waals surface area contributed by atoms with Crippen LogP contribution < -0.4 is 4.74 Å². The average Bonchev–Trinajstić information content (AvgIpc) is 2.99. The van der Waals surface area contributed by atoms with E-state index in [1.54, 1.807) is 16.4 Å². The van der Waals surface area contributed by atoms with Crippen LogP contribution in [0.4, 0.5) is 0 Å². The van der Waals surface area contributed by atoms with Gasteiger partial charge in [-0.2, -0.15) is 4.31 Å². The highest BCUT2D eigenvalue weighted by atomic mass is 32.2. The van der Waals surface area contributed by atoms with E-state index < -0.39 is 28.7 Å². The Balaban J connectivity index is 1.47. The van der Waals surface area contributed by atoms with Crippen molar-refractivity contribution in [1.82, 2.24) is 4.31 Å². The van der Waals surface area contributed by atoms with Crippen LogP contribution in [0.3, 0.4) is 0 Å². The quantitative estimate of drug-likeness (QED) is 0.280. The molecule has 7 nitrogen and oxygen atoms in total. The van der Waals surface area contributed by atoms with Gasteiger partial charge < -0.3 is 14.6 Å². The molecule has 0 spiro atoms. The van der Waals surface area contributed by atoms with Gasteiger partial charge in [0.2, 0.25) is 10.0 Å². The number of aryl methyl sites for hydroxylation is 1. The molecular weight excluding hydrogens is 562 g/mol. The summed E-state index contributed by atoms with van der Waals surface area (Å²) in [7, 11) is -3.62. The van der Waals surface area contributed by atoms with Gasteiger partial charge in [-0.05, 0) is 68.0 Å². The Hall–Kier alpha value is -3.46. The monoisotopic (exact) mass is 603 g/mol. The molecule has 0 bridgehead atoms. The van der Waals surface area contributed by atoms with Crippen molar-refractivity contribution in [3.63, 3.8) is 0 Å². The van der Waals surface area contributed by atoms with Crippen molar-refractivity contribution in [2.24, 2.45) is 11.8 Å². The SMILES string of the molecule is C=C(C)[C@H]1C[C@@H]2CN(S(=O)(=O)c3ccc(C)cc3)CC[C@@H]2O[C@@H]1c1cc(C(C)(C)c2ccccc2)ccc1OCC(=O)O. The summed E-state index contributed by atoms with van der Waals surface area (Å²) in [5, 5.41) is 9.37. The first-order chi connectivity index (χ1) is 20.4. The standard InChI is InChI=1S/C35H41NO6S/c1-23(2)29-19-25-21-36(43(39,40)28-14-11-24(3)12-15-28)18-17-31(25)42-34(29)30-20-27(13-16-32(30)41-22-33(37)38)35(4,5)26-9-7-6-8-10-26/h6-16,20,25,29,31,34H,1,17-19,21-22H2,2-5H3,(H,37,38)/t25-,29-,31+,34+/m1/s1. The number of carboxylic acids is 1. The second kappa shape index (κ2) is 12.3. The highest BCUT2D eigenvalue weighted by molar-refractivity contribution is 7.89. The third-order valence-corrected chi connectivity index (χ3v) is 10.9. The largest absolute Gasteiger partial charge is 0.482 e. The molecule has 228 valence electrons. The van der Waals surface area contributed by atoms with Gasteiger partial charge in [0.25, 0.3) is 0 Å². The second-order valence-electron chi connectivity index (χ2n) is 12.4. The summed E-state index contributed by atoms with van der Waals surface area (Å²) in [5.74, 6) is -0.684. The number of benzene rings is 3. The number of carboxylic acid groups (broad SMARTS) is 1. The summed E-state index contributed by atoms with van der Waals surface area (Å²) >= 11 is 0. The zero-order chi connectivity index (χ0) is 30.9. The summed E-state index contributed by atoms with van der Waals surface area (Å²) < 4.78 is 41.2. The van der Waals surface area contributed by atoms with E-state index in [0.29, 0.717) is 36.6 Å². The molecular formula is C35H41NO6S. The lowest BCUT2D eigenvalue weighted by Gasteiger charge is -2.47. The first-order valence-electron chi connectivity index (χ1n) is 14.8. The molecule has 0 radical (unpaired) electrons. The summed E-state index contributed by atoms with van der Waals surface area (Å²) in [6, 6.07) is 23.2. The van der Waals surface area contributed by atoms with Crippen LogP contribution in [0.5, 0.6) is 5.75 Å². The number of hydrogen-bond acceptors (Lipinski definition) is 5. The Bertz CT molecular complexity index is 1580. The molecule has 3 aromatic carbocycles. The highest BCUT2D eigenvalue weighted by Crippen LogP contribution is 2.48. The Morgan fingerprint density at radius 3 is 2.42 bits per heavy atom. The number of sulfonamides is 1. The predicted octanol–water partition coefficient (Wildman–Crippen LogP) is 6.52. The lowest BCUT2D eigenvalue weighted by Crippen LogP contribution is -2.50. The summed E-state index contributed by atoms with van der Waals surface area (Å²) in [6.07, 6.45) is 0.711. The Morgan fingerprint density at radius 2 is 1.77 bits per heavy atom. The lowest BCUT2D eigenvalue weighted by atomic mass is 9.74. The van der Waals surface area contributed by atoms with E-state index in [4.69, 9.17) is 9.47 Å². The van der Waals surface area contributed by atoms with Gasteiger partial charge in [-0.25, -0.2) is 13.2 Å². The van der Waals surface area contributed by atoms with E-state index in [9.17, 15) is 18.3 Å². The van der Waals surface area contributed by atoms with Crippen molar-refractivity contribution in [3.8, 4) is 5.75 Å². The predicted molar refractivity (Wildman–Crippen MR) is 167 cm³/mol. The van der Waals surface area contributed by atoms with E-state index in [0.717, 1.165) is 27.8 Å². The van der Waals surface area contributed by atoms with E-state index in [2.05, 4.69) is 38.6 Å². The van der Waals surface area contributed by atoms with Crippen molar-refractivity contribution in [2.75, 3.05) is 19.7 Å². The number of fused-ring (bicyclic) bond motifs is 1. The van der Waals surface area contributed by atoms with Gasteiger partial charge >= 0.3 is 5.97 Å². The molecule has 2 aliphatic heterocycles. The minimum Gasteiger partial charge on any atom is -0.482 e. The Kier molecular flexibility index (Phi) is 8.84. The second-order valence-corrected chi connectivity index (χ2v) is 14.4. The third kappa shape index (κ3) is 6.42. The summed E-state index contributed by atoms with van der Waals surface area (Å²) in [4.78, 5) is 11.7. The van der Waals surface area contributed by atoms with E-state index in [1.165, 1.54) is 0 Å². The van der Waals surface area contributed by atoms with Crippen LogP contribution >= 0.6 is 0 Å². The zero-order valence-corrected chi connectivity index (χ0v) is 26.1. The Labute approximate surface area is 255 Å². The van der Waals surface area contributed by atoms with Gasteiger partial charge in [0.15, 0.2) is 6.61 Å². The average molecular weight is 604 g/mol. The van der Waals surface area contributed by atoms with E-state index >= 15 is 0 Å². The van der Waals surface area contributed by atoms with Gasteiger partial charge in [0.1, 0.15) is 5.75 Å². The minimum atomic E-state index is -3.62. The van der Waals surface area contributed by atoms with Gasteiger partial charge in [-0.1, -0.05) is 80.1 Å². The first kappa shape index (κ1) is 31.0. The summed E-state index contributed by atoms with van der Waals surface area (Å²) in [6.45, 7) is 12.8. The number of piperidine rings is 1. The van der Waals surface area contributed by atoms with Crippen LogP contribution in [0.1, 0.15) is 62.0 Å². The topological polar surface area (TPSA) is 93.1 Å². The van der Waals surface area contributed by atoms with Crippen molar-refractivity contribution >= 4 is 16.0 Å². The number of aliphatic carboxylic acids is 1. The molecule has 2 fully saturated rings. The van der Waals surface area contributed by atoms with Gasteiger partial charge in [-0.15, -0.1) is 0 Å². The molecule has 2 saturated heterocycles. The molecule has 43 heavy (non-hydrogen) atoms. The molecule has 0 amide bonds. The van der Waals surface area contributed by atoms with Crippen molar-refractivity contribution in [2.45, 2.75) is 63.1 Å². The van der Waals surface area contributed by atoms with Gasteiger partial charge in [0.05, 0.1) is 17.1 Å². The molecule has 8 heteroatoms. The highest BCUT2D eigenvalue weighted by Gasteiger charge is 2.45. The van der Waals surface area contributed by atoms with Gasteiger partial charge in [-0.3, -0.25) is 0 Å². The molecule has 0 saturated carbocycles. The smallest absolute Gasteiger partial charge is 0.341 e. The lowest BCUT2D eigenvalue weighted by molar-refractivity contribution is -0.139. The number of carbonyl (C=O) groups is 1. The van der Waals surface area contributed by atoms with Crippen LogP contribution in [0, 0.1) is 18.8 Å². The molecule has 2 aliphatic rings. The maximum absolute atomic E-state index is 13.5. The maximum Gasteiger partial charge on any atom is 0.341 e. The first-order valence-corrected chi connectivity index (χ1v) is 16.2. The maximum atomic E-state index is 13.5. The Morgan fingerprint density at radius 1 is 1.07 bits per heavy atom. The number of rotatable bonds is 9. The summed E-state index contributed by atoms with van der Waals surface area (Å²) in [5.41, 5.74) is 4.62. The van der Waals surface area contributed by atoms with Crippen molar-refractivity contribution in [3.05, 3.63) is 107 Å². The molecule has 0 aromatic heterocycles. The molecule has 1 N–H and O–H groups in total. The minimum absolute atomic E-state index is 0.000691. The molecule has 0 unspecified atom stereocenters. The van der Waals surface area contributed by atoms with E-state index in [-0.39, 0.29) is 23.4 Å². The van der Waals surface area contributed by atoms with Crippen molar-refractivity contribution < 1.29 is 27.8 Å². The molecule has 5 rings (SSSR count). The molecule has 3 aromatic rings. The third-order valence-electron chi connectivity index (χ3n) is 9.05. The number of nitrogens with zero attached hydrogens (tertiary/aromatic N) is 1. The van der Waals surface area contributed by atoms with Crippen LogP contribution in [0.15, 0.2) is 89.8 Å². The fourth-order valence-corrected chi connectivity index (χ4v) is 7.91. The molecule has 0 aliphatic carbocycles.